The molecule has 25 heavy (non-hydrogen) atoms. The fourth-order valence-electron chi connectivity index (χ4n) is 4.05. The van der Waals surface area contributed by atoms with Crippen molar-refractivity contribution in [2.45, 2.75) is 78.9 Å². The second kappa shape index (κ2) is 10.4. The summed E-state index contributed by atoms with van der Waals surface area (Å²) in [5, 5.41) is 0.167. The standard InChI is InChI=1S/C23H40OS/c1-7-10-18-25(17-9-3,19-11-8-2)22(23(4,5)6)21(24)20-15-13-12-14-16-20/h12-16,22H,7-11,17-19H2,1-6H3. The highest BCUT2D eigenvalue weighted by Gasteiger charge is 2.44. The SMILES string of the molecule is CCCCS(CCC)(CCCC)C(C(=O)c1ccccc1)C(C)(C)C. The summed E-state index contributed by atoms with van der Waals surface area (Å²) in [4.78, 5) is 13.7. The van der Waals surface area contributed by atoms with E-state index >= 15 is 0 Å². The lowest BCUT2D eigenvalue weighted by Crippen LogP contribution is -2.42. The largest absolute Gasteiger partial charge is 0.293 e. The summed E-state index contributed by atoms with van der Waals surface area (Å²) >= 11 is 0. The van der Waals surface area contributed by atoms with Gasteiger partial charge >= 0.3 is 0 Å². The smallest absolute Gasteiger partial charge is 0.174 e. The van der Waals surface area contributed by atoms with Gasteiger partial charge in [0.2, 0.25) is 0 Å². The van der Waals surface area contributed by atoms with Crippen molar-refractivity contribution < 1.29 is 4.79 Å². The molecule has 1 nitrogen and oxygen atoms in total. The van der Waals surface area contributed by atoms with Crippen molar-refractivity contribution in [1.82, 2.24) is 0 Å². The molecule has 0 saturated heterocycles. The first-order chi connectivity index (χ1) is 11.8. The molecular weight excluding hydrogens is 324 g/mol. The zero-order chi connectivity index (χ0) is 18.9. The van der Waals surface area contributed by atoms with Gasteiger partial charge < -0.3 is 0 Å². The average molecular weight is 365 g/mol. The van der Waals surface area contributed by atoms with E-state index in [-0.39, 0.29) is 10.7 Å². The van der Waals surface area contributed by atoms with Crippen molar-refractivity contribution >= 4 is 15.8 Å². The Labute approximate surface area is 158 Å². The molecule has 0 amide bonds. The van der Waals surface area contributed by atoms with Crippen LogP contribution in [0.2, 0.25) is 0 Å². The van der Waals surface area contributed by atoms with Crippen molar-refractivity contribution in [2.75, 3.05) is 17.3 Å². The van der Waals surface area contributed by atoms with Gasteiger partial charge in [-0.1, -0.05) is 84.7 Å². The van der Waals surface area contributed by atoms with Gasteiger partial charge in [-0.2, -0.15) is 0 Å². The summed E-state index contributed by atoms with van der Waals surface area (Å²) in [7, 11) is -0.966. The Morgan fingerprint density at radius 1 is 0.880 bits per heavy atom. The molecule has 0 saturated carbocycles. The summed E-state index contributed by atoms with van der Waals surface area (Å²) in [6.45, 7) is 13.7. The van der Waals surface area contributed by atoms with Crippen LogP contribution in [0, 0.1) is 5.41 Å². The highest BCUT2D eigenvalue weighted by Crippen LogP contribution is 2.60. The second-order valence-electron chi connectivity index (χ2n) is 8.41. The molecule has 0 heterocycles. The fraction of sp³-hybridized carbons (Fsp3) is 0.696. The first-order valence-electron chi connectivity index (χ1n) is 10.2. The molecule has 1 rings (SSSR count). The van der Waals surface area contributed by atoms with Gasteiger partial charge in [0.1, 0.15) is 0 Å². The minimum absolute atomic E-state index is 0.0128. The molecule has 1 aromatic carbocycles. The molecule has 0 radical (unpaired) electrons. The van der Waals surface area contributed by atoms with E-state index in [0.29, 0.717) is 5.78 Å². The van der Waals surface area contributed by atoms with E-state index < -0.39 is 10.0 Å². The molecule has 144 valence electrons. The predicted octanol–water partition coefficient (Wildman–Crippen LogP) is 7.10. The first kappa shape index (κ1) is 22.3. The predicted molar refractivity (Wildman–Crippen MR) is 116 cm³/mol. The molecule has 0 N–H and O–H groups in total. The van der Waals surface area contributed by atoms with Gasteiger partial charge in [0, 0.05) is 5.56 Å². The maximum atomic E-state index is 13.7. The van der Waals surface area contributed by atoms with Crippen LogP contribution >= 0.6 is 10.0 Å². The van der Waals surface area contributed by atoms with Crippen molar-refractivity contribution in [3.8, 4) is 0 Å². The second-order valence-corrected chi connectivity index (χ2v) is 12.3. The van der Waals surface area contributed by atoms with Gasteiger partial charge in [0.15, 0.2) is 5.78 Å². The van der Waals surface area contributed by atoms with Crippen LogP contribution in [-0.4, -0.2) is 28.3 Å². The molecule has 0 spiro atoms. The Kier molecular flexibility index (Phi) is 9.27. The van der Waals surface area contributed by atoms with E-state index in [4.69, 9.17) is 0 Å². The Hall–Kier alpha value is -0.760. The molecule has 0 aromatic heterocycles. The van der Waals surface area contributed by atoms with Gasteiger partial charge in [-0.25, -0.2) is 10.0 Å². The number of hydrogen-bond acceptors (Lipinski definition) is 1. The topological polar surface area (TPSA) is 17.1 Å². The van der Waals surface area contributed by atoms with Gasteiger partial charge in [0.25, 0.3) is 0 Å². The van der Waals surface area contributed by atoms with E-state index in [1.165, 1.54) is 49.4 Å². The van der Waals surface area contributed by atoms with Crippen LogP contribution in [0.5, 0.6) is 0 Å². The third-order valence-electron chi connectivity index (χ3n) is 5.00. The lowest BCUT2D eigenvalue weighted by Gasteiger charge is -2.52. The molecule has 1 atom stereocenters. The van der Waals surface area contributed by atoms with Crippen LogP contribution in [0.4, 0.5) is 0 Å². The van der Waals surface area contributed by atoms with Gasteiger partial charge in [0.05, 0.1) is 5.25 Å². The monoisotopic (exact) mass is 364 g/mol. The number of ketones is 1. The van der Waals surface area contributed by atoms with Crippen molar-refractivity contribution in [2.24, 2.45) is 5.41 Å². The highest BCUT2D eigenvalue weighted by molar-refractivity contribution is 8.34. The maximum absolute atomic E-state index is 13.7. The van der Waals surface area contributed by atoms with E-state index in [9.17, 15) is 4.79 Å². The van der Waals surface area contributed by atoms with Crippen molar-refractivity contribution in [3.63, 3.8) is 0 Å². The maximum Gasteiger partial charge on any atom is 0.174 e. The summed E-state index contributed by atoms with van der Waals surface area (Å²) in [5.74, 6) is 4.16. The minimum atomic E-state index is -0.966. The molecule has 1 aromatic rings. The van der Waals surface area contributed by atoms with E-state index in [2.05, 4.69) is 41.5 Å². The first-order valence-corrected chi connectivity index (χ1v) is 12.4. The molecule has 1 unspecified atom stereocenters. The third-order valence-corrected chi connectivity index (χ3v) is 10.3. The Balaban J connectivity index is 3.38. The Morgan fingerprint density at radius 3 is 1.80 bits per heavy atom. The highest BCUT2D eigenvalue weighted by atomic mass is 32.3. The number of carbonyl (C=O) groups is 1. The van der Waals surface area contributed by atoms with Gasteiger partial charge in [-0.3, -0.25) is 4.79 Å². The number of benzene rings is 1. The zero-order valence-corrected chi connectivity index (χ0v) is 18.3. The summed E-state index contributed by atoms with van der Waals surface area (Å²) in [6, 6.07) is 10.0. The van der Waals surface area contributed by atoms with E-state index in [1.54, 1.807) is 0 Å². The number of unbranched alkanes of at least 4 members (excludes halogenated alkanes) is 2. The van der Waals surface area contributed by atoms with Crippen LogP contribution < -0.4 is 0 Å². The quantitative estimate of drug-likeness (QED) is 0.383. The van der Waals surface area contributed by atoms with Gasteiger partial charge in [-0.15, -0.1) is 0 Å². The molecule has 0 bridgehead atoms. The summed E-state index contributed by atoms with van der Waals surface area (Å²) < 4.78 is 0. The van der Waals surface area contributed by atoms with Crippen LogP contribution in [0.3, 0.4) is 0 Å². The Morgan fingerprint density at radius 2 is 1.40 bits per heavy atom. The van der Waals surface area contributed by atoms with Crippen molar-refractivity contribution in [3.05, 3.63) is 35.9 Å². The lowest BCUT2D eigenvalue weighted by atomic mass is 9.87. The number of carbonyl (C=O) groups excluding carboxylic acids is 1. The molecule has 0 fully saturated rings. The van der Waals surface area contributed by atoms with Crippen LogP contribution in [0.1, 0.15) is 84.0 Å². The fourth-order valence-corrected chi connectivity index (χ4v) is 10.0. The van der Waals surface area contributed by atoms with Gasteiger partial charge in [-0.05, 0) is 41.9 Å². The number of rotatable bonds is 11. The number of Topliss-reactive ketones (excluding diaryl/α,β-unsaturated/α-hetero) is 1. The molecule has 0 aliphatic rings. The third kappa shape index (κ3) is 6.16. The lowest BCUT2D eigenvalue weighted by molar-refractivity contribution is 0.0948. The summed E-state index contributed by atoms with van der Waals surface area (Å²) in [6.07, 6.45) is 6.15. The van der Waals surface area contributed by atoms with E-state index in [1.807, 2.05) is 30.3 Å². The van der Waals surface area contributed by atoms with Crippen LogP contribution in [0.15, 0.2) is 30.3 Å². The molecule has 0 aliphatic carbocycles. The van der Waals surface area contributed by atoms with Crippen LogP contribution in [-0.2, 0) is 0 Å². The molecule has 2 heteroatoms. The minimum Gasteiger partial charge on any atom is -0.293 e. The number of hydrogen-bond donors (Lipinski definition) is 0. The normalized spacial score (nSPS) is 14.3. The van der Waals surface area contributed by atoms with E-state index in [0.717, 1.165) is 5.56 Å². The van der Waals surface area contributed by atoms with Crippen molar-refractivity contribution in [1.29, 1.82) is 0 Å². The molecule has 0 aliphatic heterocycles. The Bertz CT molecular complexity index is 493. The average Bonchev–Trinajstić information content (AvgIpc) is 2.58. The molecular formula is C23H40OS. The zero-order valence-electron chi connectivity index (χ0n) is 17.4. The summed E-state index contributed by atoms with van der Waals surface area (Å²) in [5.41, 5.74) is 0.919. The van der Waals surface area contributed by atoms with Crippen LogP contribution in [0.25, 0.3) is 0 Å².